The first-order valence-corrected chi connectivity index (χ1v) is 8.35. The number of carbonyl (C=O) groups is 1. The van der Waals surface area contributed by atoms with Crippen LogP contribution in [0.2, 0.25) is 0 Å². The summed E-state index contributed by atoms with van der Waals surface area (Å²) < 4.78 is 117. The van der Waals surface area contributed by atoms with Crippen molar-refractivity contribution in [2.75, 3.05) is 13.2 Å². The molecule has 0 amide bonds. The zero-order valence-corrected chi connectivity index (χ0v) is 15.9. The third kappa shape index (κ3) is 6.25. The van der Waals surface area contributed by atoms with Gasteiger partial charge in [0.1, 0.15) is 6.61 Å². The van der Waals surface area contributed by atoms with E-state index in [1.54, 1.807) is 0 Å². The Morgan fingerprint density at radius 1 is 0.967 bits per heavy atom. The first-order chi connectivity index (χ1) is 13.6. The van der Waals surface area contributed by atoms with Gasteiger partial charge in [0, 0.05) is 5.41 Å². The monoisotopic (exact) mass is 454 g/mol. The molecule has 1 rings (SSSR count). The summed E-state index contributed by atoms with van der Waals surface area (Å²) in [6, 6.07) is 0. The van der Waals surface area contributed by atoms with Crippen LogP contribution in [0.5, 0.6) is 5.75 Å². The van der Waals surface area contributed by atoms with Crippen molar-refractivity contribution >= 4 is 5.97 Å². The van der Waals surface area contributed by atoms with Crippen molar-refractivity contribution < 1.29 is 59.2 Å². The van der Waals surface area contributed by atoms with Gasteiger partial charge in [0.2, 0.25) is 34.8 Å². The molecule has 1 aromatic rings. The minimum atomic E-state index is -4.62. The van der Waals surface area contributed by atoms with Crippen LogP contribution in [0, 0.1) is 34.5 Å². The van der Waals surface area contributed by atoms with Crippen LogP contribution >= 0.6 is 0 Å². The highest BCUT2D eigenvalue weighted by atomic mass is 19.4. The smallest absolute Gasteiger partial charge is 0.411 e. The molecule has 0 heterocycles. The van der Waals surface area contributed by atoms with Gasteiger partial charge in [-0.1, -0.05) is 13.8 Å². The minimum absolute atomic E-state index is 0.0193. The largest absolute Gasteiger partial charge is 0.418 e. The van der Waals surface area contributed by atoms with Gasteiger partial charge >= 0.3 is 12.1 Å². The summed E-state index contributed by atoms with van der Waals surface area (Å²) in [4.78, 5) is 11.9. The summed E-state index contributed by atoms with van der Waals surface area (Å²) in [5.74, 6) is -15.4. The third-order valence-corrected chi connectivity index (χ3v) is 4.14. The fraction of sp³-hybridized carbons (Fsp3) is 0.588. The van der Waals surface area contributed by atoms with Crippen LogP contribution < -0.4 is 4.74 Å². The summed E-state index contributed by atoms with van der Waals surface area (Å²) in [5.41, 5.74) is -1.44. The summed E-state index contributed by atoms with van der Waals surface area (Å²) in [5, 5.41) is 10.1. The summed E-state index contributed by atoms with van der Waals surface area (Å²) >= 11 is 0. The lowest BCUT2D eigenvalue weighted by atomic mass is 9.87. The van der Waals surface area contributed by atoms with Gasteiger partial charge in [-0.25, -0.2) is 18.0 Å². The maximum Gasteiger partial charge on any atom is 0.411 e. The molecule has 172 valence electrons. The predicted octanol–water partition coefficient (Wildman–Crippen LogP) is 4.01. The number of hydrogen-bond donors (Lipinski definition) is 1. The standard InChI is InChI=1S/C17H18F8O5/c1-4-16(3,5-28-6-17(23,24)25)15(27)29-7(2)14(26)30-13-11(21)9(19)8(18)10(20)12(13)22/h7,15,27H,4-6H2,1-3H3. The van der Waals surface area contributed by atoms with E-state index in [9.17, 15) is 45.0 Å². The Labute approximate surface area is 165 Å². The van der Waals surface area contributed by atoms with Crippen LogP contribution in [0.15, 0.2) is 0 Å². The van der Waals surface area contributed by atoms with Gasteiger partial charge in [0.05, 0.1) is 6.61 Å². The third-order valence-electron chi connectivity index (χ3n) is 4.14. The predicted molar refractivity (Wildman–Crippen MR) is 83.7 cm³/mol. The molecule has 0 fully saturated rings. The topological polar surface area (TPSA) is 65.0 Å². The first-order valence-electron chi connectivity index (χ1n) is 8.35. The van der Waals surface area contributed by atoms with Gasteiger partial charge in [-0.15, -0.1) is 0 Å². The van der Waals surface area contributed by atoms with E-state index < -0.39 is 78.0 Å². The molecule has 5 nitrogen and oxygen atoms in total. The number of alkyl halides is 3. The van der Waals surface area contributed by atoms with Crippen molar-refractivity contribution in [3.63, 3.8) is 0 Å². The first kappa shape index (κ1) is 26.0. The second-order valence-electron chi connectivity index (χ2n) is 6.57. The SMILES string of the molecule is CCC(C)(COCC(F)(F)F)C(O)OC(C)C(=O)Oc1c(F)c(F)c(F)c(F)c1F. The van der Waals surface area contributed by atoms with Crippen molar-refractivity contribution in [2.24, 2.45) is 5.41 Å². The lowest BCUT2D eigenvalue weighted by Crippen LogP contribution is -2.43. The number of benzene rings is 1. The van der Waals surface area contributed by atoms with Crippen LogP contribution in [0.25, 0.3) is 0 Å². The Bertz CT molecular complexity index is 740. The highest BCUT2D eigenvalue weighted by Gasteiger charge is 2.38. The number of esters is 1. The van der Waals surface area contributed by atoms with E-state index in [2.05, 4.69) is 9.47 Å². The van der Waals surface area contributed by atoms with Crippen molar-refractivity contribution in [2.45, 2.75) is 45.8 Å². The molecule has 0 aromatic heterocycles. The molecule has 0 spiro atoms. The van der Waals surface area contributed by atoms with E-state index in [1.807, 2.05) is 0 Å². The molecule has 0 aliphatic rings. The molecular formula is C17H18F8O5. The van der Waals surface area contributed by atoms with E-state index in [4.69, 9.17) is 4.74 Å². The Kier molecular flexibility index (Phi) is 8.58. The number of rotatable bonds is 9. The van der Waals surface area contributed by atoms with E-state index in [-0.39, 0.29) is 6.42 Å². The Hall–Kier alpha value is -1.99. The van der Waals surface area contributed by atoms with Gasteiger partial charge in [0.25, 0.3) is 0 Å². The van der Waals surface area contributed by atoms with Crippen LogP contribution in [-0.4, -0.2) is 42.9 Å². The number of ether oxygens (including phenoxy) is 3. The van der Waals surface area contributed by atoms with Crippen LogP contribution in [0.4, 0.5) is 35.1 Å². The molecule has 3 unspecified atom stereocenters. The summed E-state index contributed by atoms with van der Waals surface area (Å²) in [6.45, 7) is 1.43. The van der Waals surface area contributed by atoms with E-state index in [0.29, 0.717) is 0 Å². The summed E-state index contributed by atoms with van der Waals surface area (Å²) in [6.07, 6.45) is -8.31. The van der Waals surface area contributed by atoms with E-state index in [1.165, 1.54) is 13.8 Å². The zero-order valence-electron chi connectivity index (χ0n) is 15.9. The molecule has 0 saturated carbocycles. The van der Waals surface area contributed by atoms with Gasteiger partial charge in [-0.05, 0) is 13.3 Å². The number of aliphatic hydroxyl groups excluding tert-OH is 1. The lowest BCUT2D eigenvalue weighted by Gasteiger charge is -2.34. The van der Waals surface area contributed by atoms with Gasteiger partial charge < -0.3 is 19.3 Å². The fourth-order valence-corrected chi connectivity index (χ4v) is 2.02. The van der Waals surface area contributed by atoms with Gasteiger partial charge in [-0.3, -0.25) is 0 Å². The highest BCUT2D eigenvalue weighted by Crippen LogP contribution is 2.31. The second kappa shape index (κ2) is 9.88. The van der Waals surface area contributed by atoms with Crippen LogP contribution in [-0.2, 0) is 14.3 Å². The van der Waals surface area contributed by atoms with Crippen molar-refractivity contribution in [1.82, 2.24) is 0 Å². The average Bonchev–Trinajstić information content (AvgIpc) is 2.66. The zero-order chi connectivity index (χ0) is 23.4. The average molecular weight is 454 g/mol. The molecule has 30 heavy (non-hydrogen) atoms. The molecule has 0 bridgehead atoms. The lowest BCUT2D eigenvalue weighted by molar-refractivity contribution is -0.228. The Morgan fingerprint density at radius 2 is 1.43 bits per heavy atom. The van der Waals surface area contributed by atoms with Crippen molar-refractivity contribution in [1.29, 1.82) is 0 Å². The van der Waals surface area contributed by atoms with Crippen LogP contribution in [0.1, 0.15) is 27.2 Å². The molecular weight excluding hydrogens is 436 g/mol. The van der Waals surface area contributed by atoms with Gasteiger partial charge in [-0.2, -0.15) is 22.0 Å². The number of aliphatic hydroxyl groups is 1. The molecule has 0 aliphatic heterocycles. The molecule has 0 radical (unpaired) electrons. The molecule has 3 atom stereocenters. The maximum absolute atomic E-state index is 13.6. The van der Waals surface area contributed by atoms with Crippen molar-refractivity contribution in [3.8, 4) is 5.75 Å². The second-order valence-corrected chi connectivity index (χ2v) is 6.57. The fourth-order valence-electron chi connectivity index (χ4n) is 2.02. The molecule has 13 heteroatoms. The Balaban J connectivity index is 2.87. The van der Waals surface area contributed by atoms with E-state index >= 15 is 0 Å². The van der Waals surface area contributed by atoms with Crippen molar-refractivity contribution in [3.05, 3.63) is 29.1 Å². The minimum Gasteiger partial charge on any atom is -0.418 e. The highest BCUT2D eigenvalue weighted by molar-refractivity contribution is 5.77. The number of halogens is 8. The van der Waals surface area contributed by atoms with Gasteiger partial charge in [0.15, 0.2) is 12.4 Å². The normalized spacial score (nSPS) is 16.1. The van der Waals surface area contributed by atoms with E-state index in [0.717, 1.165) is 6.92 Å². The number of hydrogen-bond acceptors (Lipinski definition) is 5. The maximum atomic E-state index is 13.6. The molecule has 0 saturated heterocycles. The molecule has 0 aliphatic carbocycles. The number of carbonyl (C=O) groups excluding carboxylic acids is 1. The molecule has 1 N–H and O–H groups in total. The molecule has 1 aromatic carbocycles. The Morgan fingerprint density at radius 3 is 1.87 bits per heavy atom. The quantitative estimate of drug-likeness (QED) is 0.153. The summed E-state index contributed by atoms with van der Waals surface area (Å²) in [7, 11) is 0. The van der Waals surface area contributed by atoms with Crippen LogP contribution in [0.3, 0.4) is 0 Å².